The van der Waals surface area contributed by atoms with Crippen molar-refractivity contribution in [1.29, 1.82) is 0 Å². The van der Waals surface area contributed by atoms with Crippen LogP contribution in [0.3, 0.4) is 0 Å². The molecule has 0 spiro atoms. The lowest BCUT2D eigenvalue weighted by atomic mass is 10.2. The molecule has 0 atom stereocenters. The summed E-state index contributed by atoms with van der Waals surface area (Å²) in [6.07, 6.45) is 0. The average molecular weight is 385 g/mol. The van der Waals surface area contributed by atoms with Crippen molar-refractivity contribution in [2.24, 2.45) is 7.05 Å². The van der Waals surface area contributed by atoms with Crippen LogP contribution in [-0.2, 0) is 11.8 Å². The lowest BCUT2D eigenvalue weighted by Gasteiger charge is -2.07. The lowest BCUT2D eigenvalue weighted by Crippen LogP contribution is -2.35. The fourth-order valence-corrected chi connectivity index (χ4v) is 3.00. The topological polar surface area (TPSA) is 88.9 Å². The number of benzene rings is 2. The quantitative estimate of drug-likeness (QED) is 0.659. The van der Waals surface area contributed by atoms with Gasteiger partial charge in [0.25, 0.3) is 0 Å². The number of aromatic nitrogens is 3. The highest BCUT2D eigenvalue weighted by molar-refractivity contribution is 7.99. The smallest absolute Gasteiger partial charge is 0.305 e. The van der Waals surface area contributed by atoms with Crippen LogP contribution < -0.4 is 10.6 Å². The summed E-state index contributed by atoms with van der Waals surface area (Å²) in [6.45, 7) is 0. The second-order valence-corrected chi connectivity index (χ2v) is 6.44. The largest absolute Gasteiger partial charge is 0.325 e. The van der Waals surface area contributed by atoms with Gasteiger partial charge in [0.05, 0.1) is 11.4 Å². The molecule has 0 unspecified atom stereocenters. The molecule has 2 N–H and O–H groups in total. The monoisotopic (exact) mass is 385 g/mol. The van der Waals surface area contributed by atoms with Gasteiger partial charge in [-0.05, 0) is 12.1 Å². The van der Waals surface area contributed by atoms with Crippen molar-refractivity contribution in [1.82, 2.24) is 20.1 Å². The van der Waals surface area contributed by atoms with Crippen molar-refractivity contribution in [3.05, 3.63) is 60.4 Å². The van der Waals surface area contributed by atoms with Crippen LogP contribution in [-0.4, -0.2) is 32.5 Å². The van der Waals surface area contributed by atoms with Crippen molar-refractivity contribution in [3.8, 4) is 11.4 Å². The number of imide groups is 1. The van der Waals surface area contributed by atoms with E-state index in [4.69, 9.17) is 0 Å². The van der Waals surface area contributed by atoms with Gasteiger partial charge in [-0.2, -0.15) is 0 Å². The Morgan fingerprint density at radius 1 is 1.07 bits per heavy atom. The van der Waals surface area contributed by atoms with Gasteiger partial charge in [0, 0.05) is 12.6 Å². The highest BCUT2D eigenvalue weighted by Crippen LogP contribution is 2.22. The number of urea groups is 1. The van der Waals surface area contributed by atoms with Crippen molar-refractivity contribution in [2.75, 3.05) is 11.1 Å². The van der Waals surface area contributed by atoms with Gasteiger partial charge in [-0.1, -0.05) is 54.2 Å². The van der Waals surface area contributed by atoms with Crippen LogP contribution in [0.2, 0.25) is 0 Å². The van der Waals surface area contributed by atoms with E-state index in [0.29, 0.717) is 11.0 Å². The lowest BCUT2D eigenvalue weighted by molar-refractivity contribution is -0.117. The number of carbonyl (C=O) groups excluding carboxylic acids is 2. The normalized spacial score (nSPS) is 10.4. The first-order valence-corrected chi connectivity index (χ1v) is 8.96. The molecule has 138 valence electrons. The molecule has 0 aliphatic carbocycles. The predicted molar refractivity (Wildman–Crippen MR) is 101 cm³/mol. The van der Waals surface area contributed by atoms with Gasteiger partial charge in [0.2, 0.25) is 5.91 Å². The molecule has 3 aromatic rings. The third kappa shape index (κ3) is 4.70. The van der Waals surface area contributed by atoms with E-state index in [2.05, 4.69) is 20.8 Å². The molecule has 0 aliphatic heterocycles. The van der Waals surface area contributed by atoms with E-state index in [1.165, 1.54) is 18.2 Å². The summed E-state index contributed by atoms with van der Waals surface area (Å²) in [5.74, 6) is -0.471. The maximum absolute atomic E-state index is 13.5. The van der Waals surface area contributed by atoms with E-state index in [0.717, 1.165) is 17.3 Å². The number of nitrogens with zero attached hydrogens (tertiary/aromatic N) is 3. The van der Waals surface area contributed by atoms with Crippen molar-refractivity contribution < 1.29 is 14.0 Å². The molecule has 3 rings (SSSR count). The number of halogens is 1. The Hall–Kier alpha value is -3.20. The Morgan fingerprint density at radius 3 is 2.52 bits per heavy atom. The number of carbonyl (C=O) groups is 2. The zero-order valence-corrected chi connectivity index (χ0v) is 15.2. The summed E-state index contributed by atoms with van der Waals surface area (Å²) in [7, 11) is 1.80. The van der Waals surface area contributed by atoms with Gasteiger partial charge in [0.1, 0.15) is 5.82 Å². The van der Waals surface area contributed by atoms with Crippen LogP contribution in [0.15, 0.2) is 59.8 Å². The van der Waals surface area contributed by atoms with E-state index in [-0.39, 0.29) is 11.4 Å². The molecule has 27 heavy (non-hydrogen) atoms. The molecule has 9 heteroatoms. The van der Waals surface area contributed by atoms with Gasteiger partial charge in [-0.15, -0.1) is 10.2 Å². The SMILES string of the molecule is Cn1c(SCC(=O)NC(=O)Nc2ccccc2F)nnc1-c1ccccc1. The fraction of sp³-hybridized carbons (Fsp3) is 0.111. The van der Waals surface area contributed by atoms with Crippen LogP contribution in [0, 0.1) is 5.82 Å². The second-order valence-electron chi connectivity index (χ2n) is 5.50. The minimum absolute atomic E-state index is 0.00347. The van der Waals surface area contributed by atoms with Gasteiger partial charge in [0.15, 0.2) is 11.0 Å². The third-order valence-corrected chi connectivity index (χ3v) is 4.59. The van der Waals surface area contributed by atoms with Gasteiger partial charge in [-0.3, -0.25) is 10.1 Å². The first-order valence-electron chi connectivity index (χ1n) is 7.97. The highest BCUT2D eigenvalue weighted by Gasteiger charge is 2.14. The second kappa shape index (κ2) is 8.45. The number of hydrogen-bond acceptors (Lipinski definition) is 5. The molecular formula is C18H16FN5O2S. The van der Waals surface area contributed by atoms with Gasteiger partial charge >= 0.3 is 6.03 Å². The number of nitrogens with one attached hydrogen (secondary N) is 2. The molecule has 2 aromatic carbocycles. The highest BCUT2D eigenvalue weighted by atomic mass is 32.2. The van der Waals surface area contributed by atoms with E-state index in [9.17, 15) is 14.0 Å². The molecule has 1 heterocycles. The predicted octanol–water partition coefficient (Wildman–Crippen LogP) is 3.06. The number of rotatable bonds is 5. The summed E-state index contributed by atoms with van der Waals surface area (Å²) in [5.41, 5.74) is 0.907. The molecule has 7 nitrogen and oxygen atoms in total. The Labute approximate surface area is 159 Å². The zero-order valence-electron chi connectivity index (χ0n) is 14.3. The van der Waals surface area contributed by atoms with E-state index >= 15 is 0 Å². The van der Waals surface area contributed by atoms with E-state index in [1.807, 2.05) is 30.3 Å². The Balaban J connectivity index is 1.54. The van der Waals surface area contributed by atoms with Gasteiger partial charge in [-0.25, -0.2) is 9.18 Å². The minimum atomic E-state index is -0.798. The molecule has 0 saturated heterocycles. The molecule has 0 fully saturated rings. The molecule has 0 bridgehead atoms. The number of hydrogen-bond donors (Lipinski definition) is 2. The molecule has 0 aliphatic rings. The zero-order chi connectivity index (χ0) is 19.2. The summed E-state index contributed by atoms with van der Waals surface area (Å²) in [5, 5.41) is 13.2. The van der Waals surface area contributed by atoms with Crippen LogP contribution in [0.5, 0.6) is 0 Å². The molecule has 0 radical (unpaired) electrons. The average Bonchev–Trinajstić information content (AvgIpc) is 3.03. The fourth-order valence-electron chi connectivity index (χ4n) is 2.29. The summed E-state index contributed by atoms with van der Waals surface area (Å²) in [6, 6.07) is 14.4. The molecular weight excluding hydrogens is 369 g/mol. The number of amides is 3. The third-order valence-electron chi connectivity index (χ3n) is 3.57. The molecule has 1 aromatic heterocycles. The Bertz CT molecular complexity index is 961. The minimum Gasteiger partial charge on any atom is -0.305 e. The first-order chi connectivity index (χ1) is 13.0. The van der Waals surface area contributed by atoms with Gasteiger partial charge < -0.3 is 9.88 Å². The first kappa shape index (κ1) is 18.6. The maximum atomic E-state index is 13.5. The number of anilines is 1. The number of para-hydroxylation sites is 1. The standard InChI is InChI=1S/C18H16FN5O2S/c1-24-16(12-7-3-2-4-8-12)22-23-18(24)27-11-15(25)21-17(26)20-14-10-6-5-9-13(14)19/h2-10H,11H2,1H3,(H2,20,21,25,26). The van der Waals surface area contributed by atoms with Crippen molar-refractivity contribution >= 4 is 29.4 Å². The summed E-state index contributed by atoms with van der Waals surface area (Å²) >= 11 is 1.15. The van der Waals surface area contributed by atoms with E-state index < -0.39 is 17.8 Å². The van der Waals surface area contributed by atoms with Crippen LogP contribution in [0.4, 0.5) is 14.9 Å². The summed E-state index contributed by atoms with van der Waals surface area (Å²) in [4.78, 5) is 23.7. The number of thioether (sulfide) groups is 1. The van der Waals surface area contributed by atoms with E-state index in [1.54, 1.807) is 17.7 Å². The Kier molecular flexibility index (Phi) is 5.82. The van der Waals surface area contributed by atoms with Crippen molar-refractivity contribution in [2.45, 2.75) is 5.16 Å². The molecule has 0 saturated carbocycles. The van der Waals surface area contributed by atoms with Crippen LogP contribution >= 0.6 is 11.8 Å². The summed E-state index contributed by atoms with van der Waals surface area (Å²) < 4.78 is 15.3. The van der Waals surface area contributed by atoms with Crippen LogP contribution in [0.25, 0.3) is 11.4 Å². The van der Waals surface area contributed by atoms with Crippen LogP contribution in [0.1, 0.15) is 0 Å². The Morgan fingerprint density at radius 2 is 1.78 bits per heavy atom. The maximum Gasteiger partial charge on any atom is 0.325 e. The van der Waals surface area contributed by atoms with Crippen molar-refractivity contribution in [3.63, 3.8) is 0 Å². The molecule has 3 amide bonds.